The minimum absolute atomic E-state index is 0.511. The molecule has 1 aromatic heterocycles. The van der Waals surface area contributed by atoms with Crippen molar-refractivity contribution in [1.29, 1.82) is 0 Å². The van der Waals surface area contributed by atoms with Crippen molar-refractivity contribution >= 4 is 11.8 Å². The van der Waals surface area contributed by atoms with Crippen LogP contribution in [0.4, 0.5) is 0 Å². The topological polar surface area (TPSA) is 50.9 Å². The maximum atomic E-state index is 10.3. The largest absolute Gasteiger partial charge is 0.388 e. The minimum atomic E-state index is -0.511. The minimum Gasteiger partial charge on any atom is -0.388 e. The van der Waals surface area contributed by atoms with Crippen LogP contribution in [-0.4, -0.2) is 25.6 Å². The van der Waals surface area contributed by atoms with Crippen LogP contribution in [0.2, 0.25) is 0 Å². The van der Waals surface area contributed by atoms with Crippen molar-refractivity contribution < 1.29 is 5.11 Å². The van der Waals surface area contributed by atoms with Crippen LogP contribution in [0.5, 0.6) is 0 Å². The first-order valence-electron chi connectivity index (χ1n) is 7.64. The molecule has 4 nitrogen and oxygen atoms in total. The summed E-state index contributed by atoms with van der Waals surface area (Å²) in [6, 6.07) is 19.7. The smallest absolute Gasteiger partial charge is 0.191 e. The molecule has 1 heterocycles. The highest BCUT2D eigenvalue weighted by molar-refractivity contribution is 7.99. The summed E-state index contributed by atoms with van der Waals surface area (Å²) in [6.07, 6.45) is -0.511. The second kappa shape index (κ2) is 7.44. The predicted octanol–water partition coefficient (Wildman–Crippen LogP) is 3.79. The molecular formula is C18H19N3OS. The van der Waals surface area contributed by atoms with E-state index >= 15 is 0 Å². The van der Waals surface area contributed by atoms with Crippen molar-refractivity contribution in [2.45, 2.75) is 24.7 Å². The van der Waals surface area contributed by atoms with Gasteiger partial charge in [-0.25, -0.2) is 0 Å². The quantitative estimate of drug-likeness (QED) is 0.701. The molecule has 3 aromatic rings. The van der Waals surface area contributed by atoms with Crippen molar-refractivity contribution in [3.8, 4) is 11.4 Å². The molecule has 2 aromatic carbocycles. The molecule has 23 heavy (non-hydrogen) atoms. The van der Waals surface area contributed by atoms with Gasteiger partial charge in [-0.15, -0.1) is 10.2 Å². The van der Waals surface area contributed by atoms with E-state index in [2.05, 4.69) is 21.7 Å². The summed E-state index contributed by atoms with van der Waals surface area (Å²) in [6.45, 7) is 2.87. The molecule has 3 rings (SSSR count). The summed E-state index contributed by atoms with van der Waals surface area (Å²) < 4.78 is 2.08. The molecule has 118 valence electrons. The van der Waals surface area contributed by atoms with E-state index in [9.17, 15) is 5.11 Å². The number of nitrogens with zero attached hydrogens (tertiary/aromatic N) is 3. The normalized spacial score (nSPS) is 12.3. The first-order chi connectivity index (χ1) is 11.3. The SMILES string of the molecule is CCn1c(SC[C@@H](O)c2ccccc2)nnc1-c1ccccc1. The Morgan fingerprint density at radius 2 is 1.65 bits per heavy atom. The fraction of sp³-hybridized carbons (Fsp3) is 0.222. The van der Waals surface area contributed by atoms with Crippen molar-refractivity contribution in [3.63, 3.8) is 0 Å². The molecule has 1 N–H and O–H groups in total. The Hall–Kier alpha value is -2.11. The Labute approximate surface area is 140 Å². The molecule has 0 amide bonds. The second-order valence-electron chi connectivity index (χ2n) is 5.15. The Bertz CT molecular complexity index is 743. The Morgan fingerprint density at radius 1 is 1.00 bits per heavy atom. The highest BCUT2D eigenvalue weighted by Gasteiger charge is 2.15. The van der Waals surface area contributed by atoms with Gasteiger partial charge in [0.2, 0.25) is 0 Å². The van der Waals surface area contributed by atoms with E-state index in [1.165, 1.54) is 11.8 Å². The lowest BCUT2D eigenvalue weighted by molar-refractivity contribution is 0.204. The van der Waals surface area contributed by atoms with Gasteiger partial charge >= 0.3 is 0 Å². The number of benzene rings is 2. The van der Waals surface area contributed by atoms with E-state index in [0.29, 0.717) is 5.75 Å². The van der Waals surface area contributed by atoms with E-state index in [1.807, 2.05) is 60.7 Å². The molecule has 0 saturated carbocycles. The van der Waals surface area contributed by atoms with E-state index in [-0.39, 0.29) is 0 Å². The standard InChI is InChI=1S/C18H19N3OS/c1-2-21-17(15-11-7-4-8-12-15)19-20-18(21)23-13-16(22)14-9-5-3-6-10-14/h3-12,16,22H,2,13H2,1H3/t16-/m1/s1. The van der Waals surface area contributed by atoms with Gasteiger partial charge < -0.3 is 9.67 Å². The zero-order chi connectivity index (χ0) is 16.1. The molecule has 0 aliphatic carbocycles. The predicted molar refractivity (Wildman–Crippen MR) is 93.3 cm³/mol. The monoisotopic (exact) mass is 325 g/mol. The maximum Gasteiger partial charge on any atom is 0.191 e. The van der Waals surface area contributed by atoms with Gasteiger partial charge in [0, 0.05) is 17.9 Å². The van der Waals surface area contributed by atoms with Gasteiger partial charge in [0.25, 0.3) is 0 Å². The highest BCUT2D eigenvalue weighted by atomic mass is 32.2. The van der Waals surface area contributed by atoms with Gasteiger partial charge in [-0.3, -0.25) is 0 Å². The molecule has 0 aliphatic heterocycles. The van der Waals surface area contributed by atoms with Crippen LogP contribution in [0.3, 0.4) is 0 Å². The van der Waals surface area contributed by atoms with Crippen molar-refractivity contribution in [3.05, 3.63) is 66.2 Å². The van der Waals surface area contributed by atoms with Gasteiger partial charge in [-0.1, -0.05) is 72.4 Å². The maximum absolute atomic E-state index is 10.3. The summed E-state index contributed by atoms with van der Waals surface area (Å²) in [4.78, 5) is 0. The van der Waals surface area contributed by atoms with E-state index in [0.717, 1.165) is 28.7 Å². The molecular weight excluding hydrogens is 306 g/mol. The van der Waals surface area contributed by atoms with Gasteiger partial charge in [0.05, 0.1) is 6.10 Å². The Balaban J connectivity index is 1.75. The zero-order valence-electron chi connectivity index (χ0n) is 13.0. The van der Waals surface area contributed by atoms with Crippen molar-refractivity contribution in [1.82, 2.24) is 14.8 Å². The molecule has 0 spiro atoms. The molecule has 0 saturated heterocycles. The summed E-state index contributed by atoms with van der Waals surface area (Å²) in [7, 11) is 0. The molecule has 0 fully saturated rings. The lowest BCUT2D eigenvalue weighted by Crippen LogP contribution is -2.03. The van der Waals surface area contributed by atoms with Crippen LogP contribution in [0.1, 0.15) is 18.6 Å². The average molecular weight is 325 g/mol. The Morgan fingerprint density at radius 3 is 2.30 bits per heavy atom. The van der Waals surface area contributed by atoms with E-state index < -0.39 is 6.10 Å². The van der Waals surface area contributed by atoms with Gasteiger partial charge in [0.1, 0.15) is 0 Å². The Kier molecular flexibility index (Phi) is 5.10. The second-order valence-corrected chi connectivity index (χ2v) is 6.14. The third kappa shape index (κ3) is 3.63. The van der Waals surface area contributed by atoms with E-state index in [1.54, 1.807) is 0 Å². The third-order valence-corrected chi connectivity index (χ3v) is 4.66. The van der Waals surface area contributed by atoms with E-state index in [4.69, 9.17) is 0 Å². The molecule has 0 bridgehead atoms. The van der Waals surface area contributed by atoms with Gasteiger partial charge in [-0.2, -0.15) is 0 Å². The average Bonchev–Trinajstić information content (AvgIpc) is 3.04. The fourth-order valence-corrected chi connectivity index (χ4v) is 3.38. The molecule has 0 radical (unpaired) electrons. The lowest BCUT2D eigenvalue weighted by atomic mass is 10.1. The fourth-order valence-electron chi connectivity index (χ4n) is 2.41. The number of hydrogen-bond donors (Lipinski definition) is 1. The summed E-state index contributed by atoms with van der Waals surface area (Å²) >= 11 is 1.53. The molecule has 5 heteroatoms. The van der Waals surface area contributed by atoms with Crippen LogP contribution in [0.25, 0.3) is 11.4 Å². The molecule has 0 aliphatic rings. The summed E-state index contributed by atoms with van der Waals surface area (Å²) in [5, 5.41) is 19.7. The number of aliphatic hydroxyl groups is 1. The first-order valence-corrected chi connectivity index (χ1v) is 8.62. The van der Waals surface area contributed by atoms with Crippen LogP contribution in [-0.2, 0) is 6.54 Å². The number of rotatable bonds is 6. The number of hydrogen-bond acceptors (Lipinski definition) is 4. The van der Waals surface area contributed by atoms with Crippen LogP contribution >= 0.6 is 11.8 Å². The molecule has 0 unspecified atom stereocenters. The van der Waals surface area contributed by atoms with Crippen LogP contribution in [0.15, 0.2) is 65.8 Å². The van der Waals surface area contributed by atoms with Gasteiger partial charge in [-0.05, 0) is 12.5 Å². The van der Waals surface area contributed by atoms with Gasteiger partial charge in [0.15, 0.2) is 11.0 Å². The number of aromatic nitrogens is 3. The lowest BCUT2D eigenvalue weighted by Gasteiger charge is -2.11. The van der Waals surface area contributed by atoms with Crippen molar-refractivity contribution in [2.24, 2.45) is 0 Å². The van der Waals surface area contributed by atoms with Crippen LogP contribution in [0, 0.1) is 0 Å². The summed E-state index contributed by atoms with van der Waals surface area (Å²) in [5.41, 5.74) is 1.98. The summed E-state index contributed by atoms with van der Waals surface area (Å²) in [5.74, 6) is 1.42. The third-order valence-electron chi connectivity index (χ3n) is 3.62. The highest BCUT2D eigenvalue weighted by Crippen LogP contribution is 2.27. The zero-order valence-corrected chi connectivity index (χ0v) is 13.8. The first kappa shape index (κ1) is 15.8. The van der Waals surface area contributed by atoms with Crippen molar-refractivity contribution in [2.75, 3.05) is 5.75 Å². The number of aliphatic hydroxyl groups excluding tert-OH is 1. The van der Waals surface area contributed by atoms with Crippen LogP contribution < -0.4 is 0 Å². The number of thioether (sulfide) groups is 1. The molecule has 1 atom stereocenters.